The second-order valence-electron chi connectivity index (χ2n) is 4.18. The second kappa shape index (κ2) is 5.21. The van der Waals surface area contributed by atoms with Gasteiger partial charge < -0.3 is 4.74 Å². The van der Waals surface area contributed by atoms with Crippen LogP contribution in [0.2, 0.25) is 0 Å². The second-order valence-corrected chi connectivity index (χ2v) is 5.80. The third-order valence-corrected chi connectivity index (χ3v) is 2.42. The Hall–Kier alpha value is -0.960. The molecule has 0 radical (unpaired) electrons. The van der Waals surface area contributed by atoms with Crippen molar-refractivity contribution in [3.63, 3.8) is 0 Å². The Balaban J connectivity index is 2.72. The van der Waals surface area contributed by atoms with Crippen molar-refractivity contribution in [2.75, 3.05) is 7.11 Å². The highest BCUT2D eigenvalue weighted by atomic mass is 32.2. The highest BCUT2D eigenvalue weighted by molar-refractivity contribution is 7.99. The normalized spacial score (nSPS) is 12.0. The van der Waals surface area contributed by atoms with Crippen LogP contribution in [0.15, 0.2) is 28.7 Å². The smallest absolute Gasteiger partial charge is 0.127 e. The Labute approximate surface area is 95.9 Å². The molecule has 0 heterocycles. The van der Waals surface area contributed by atoms with Crippen LogP contribution >= 0.6 is 11.9 Å². The van der Waals surface area contributed by atoms with Gasteiger partial charge in [-0.2, -0.15) is 0 Å². The molecule has 0 unspecified atom stereocenters. The summed E-state index contributed by atoms with van der Waals surface area (Å²) >= 11 is 1.56. The van der Waals surface area contributed by atoms with Crippen molar-refractivity contribution in [1.82, 2.24) is 0 Å². The minimum absolute atomic E-state index is 0.151. The summed E-state index contributed by atoms with van der Waals surface area (Å²) in [7, 11) is 1.67. The van der Waals surface area contributed by atoms with Gasteiger partial charge in [0.25, 0.3) is 0 Å². The number of hydrogen-bond acceptors (Lipinski definition) is 3. The number of rotatable bonds is 3. The van der Waals surface area contributed by atoms with Crippen molar-refractivity contribution in [2.45, 2.75) is 25.5 Å². The Morgan fingerprint density at radius 2 is 1.93 bits per heavy atom. The zero-order valence-corrected chi connectivity index (χ0v) is 10.5. The Bertz CT molecular complexity index is 342. The van der Waals surface area contributed by atoms with E-state index in [0.717, 1.165) is 11.3 Å². The van der Waals surface area contributed by atoms with Crippen LogP contribution in [-0.4, -0.2) is 18.1 Å². The van der Waals surface area contributed by atoms with E-state index in [1.165, 1.54) is 0 Å². The molecule has 0 aromatic heterocycles. The predicted octanol–water partition coefficient (Wildman–Crippen LogP) is 3.56. The quantitative estimate of drug-likeness (QED) is 0.577. The van der Waals surface area contributed by atoms with Crippen molar-refractivity contribution >= 4 is 18.2 Å². The molecule has 0 aliphatic rings. The van der Waals surface area contributed by atoms with E-state index < -0.39 is 0 Å². The number of methoxy groups -OCH3 is 1. The van der Waals surface area contributed by atoms with Gasteiger partial charge in [0, 0.05) is 16.5 Å². The van der Waals surface area contributed by atoms with Crippen molar-refractivity contribution < 1.29 is 4.74 Å². The van der Waals surface area contributed by atoms with Crippen LogP contribution < -0.4 is 4.74 Å². The van der Waals surface area contributed by atoms with Gasteiger partial charge in [-0.15, -0.1) is 0 Å². The fourth-order valence-electron chi connectivity index (χ4n) is 1.01. The molecule has 1 aromatic rings. The van der Waals surface area contributed by atoms with Crippen LogP contribution in [0.25, 0.3) is 0 Å². The minimum atomic E-state index is 0.151. The van der Waals surface area contributed by atoms with Crippen LogP contribution in [0.1, 0.15) is 26.3 Å². The zero-order chi connectivity index (χ0) is 11.3. The van der Waals surface area contributed by atoms with Gasteiger partial charge in [0.1, 0.15) is 5.75 Å². The Morgan fingerprint density at radius 1 is 1.27 bits per heavy atom. The molecule has 0 N–H and O–H groups in total. The SMILES string of the molecule is COc1ccccc1/C=N/SC(C)(C)C. The lowest BCUT2D eigenvalue weighted by Crippen LogP contribution is -2.05. The first-order valence-corrected chi connectivity index (χ1v) is 5.65. The molecule has 0 fully saturated rings. The molecule has 0 atom stereocenters. The van der Waals surface area contributed by atoms with E-state index in [2.05, 4.69) is 25.2 Å². The van der Waals surface area contributed by atoms with Gasteiger partial charge in [-0.25, -0.2) is 4.40 Å². The van der Waals surface area contributed by atoms with Crippen molar-refractivity contribution in [3.05, 3.63) is 29.8 Å². The van der Waals surface area contributed by atoms with Crippen LogP contribution in [0.4, 0.5) is 0 Å². The maximum absolute atomic E-state index is 5.23. The van der Waals surface area contributed by atoms with Crippen LogP contribution in [0.5, 0.6) is 5.75 Å². The van der Waals surface area contributed by atoms with E-state index >= 15 is 0 Å². The minimum Gasteiger partial charge on any atom is -0.496 e. The Kier molecular flexibility index (Phi) is 4.21. The maximum atomic E-state index is 5.23. The lowest BCUT2D eigenvalue weighted by Gasteiger charge is -2.12. The van der Waals surface area contributed by atoms with Gasteiger partial charge in [0.05, 0.1) is 7.11 Å². The van der Waals surface area contributed by atoms with Crippen molar-refractivity contribution in [3.8, 4) is 5.75 Å². The summed E-state index contributed by atoms with van der Waals surface area (Å²) in [6.07, 6.45) is 1.84. The van der Waals surface area contributed by atoms with E-state index in [9.17, 15) is 0 Å². The highest BCUT2D eigenvalue weighted by Gasteiger charge is 2.09. The number of para-hydroxylation sites is 1. The maximum Gasteiger partial charge on any atom is 0.127 e. The van der Waals surface area contributed by atoms with E-state index in [1.54, 1.807) is 19.1 Å². The molecule has 15 heavy (non-hydrogen) atoms. The summed E-state index contributed by atoms with van der Waals surface area (Å²) in [5, 5.41) is 0. The molecular weight excluding hydrogens is 206 g/mol. The average molecular weight is 223 g/mol. The monoisotopic (exact) mass is 223 g/mol. The molecule has 1 rings (SSSR count). The summed E-state index contributed by atoms with van der Waals surface area (Å²) in [5.41, 5.74) is 1.01. The number of hydrogen-bond donors (Lipinski definition) is 0. The lowest BCUT2D eigenvalue weighted by atomic mass is 10.2. The summed E-state index contributed by atoms with van der Waals surface area (Å²) < 4.78 is 9.71. The van der Waals surface area contributed by atoms with Crippen LogP contribution in [0.3, 0.4) is 0 Å². The zero-order valence-electron chi connectivity index (χ0n) is 9.65. The molecule has 0 spiro atoms. The van der Waals surface area contributed by atoms with E-state index in [0.29, 0.717) is 0 Å². The Morgan fingerprint density at radius 3 is 2.53 bits per heavy atom. The standard InChI is InChI=1S/C12H17NOS/c1-12(2,3)15-13-9-10-7-5-6-8-11(10)14-4/h5-9H,1-4H3/b13-9+. The average Bonchev–Trinajstić information content (AvgIpc) is 2.16. The first-order chi connectivity index (χ1) is 7.03. The molecule has 2 nitrogen and oxygen atoms in total. The molecule has 0 saturated heterocycles. The summed E-state index contributed by atoms with van der Waals surface area (Å²) in [6, 6.07) is 7.85. The molecule has 0 bridgehead atoms. The van der Waals surface area contributed by atoms with E-state index in [1.807, 2.05) is 30.5 Å². The topological polar surface area (TPSA) is 21.6 Å². The molecular formula is C12H17NOS. The molecule has 3 heteroatoms. The summed E-state index contributed by atoms with van der Waals surface area (Å²) in [6.45, 7) is 6.41. The summed E-state index contributed by atoms with van der Waals surface area (Å²) in [4.78, 5) is 0. The van der Waals surface area contributed by atoms with Crippen LogP contribution in [0, 0.1) is 0 Å². The summed E-state index contributed by atoms with van der Waals surface area (Å²) in [5.74, 6) is 0.857. The molecule has 0 aliphatic carbocycles. The number of benzene rings is 1. The molecule has 82 valence electrons. The third-order valence-electron chi connectivity index (χ3n) is 1.66. The first-order valence-electron chi connectivity index (χ1n) is 4.87. The van der Waals surface area contributed by atoms with Gasteiger partial charge >= 0.3 is 0 Å². The van der Waals surface area contributed by atoms with Crippen molar-refractivity contribution in [2.24, 2.45) is 4.40 Å². The van der Waals surface area contributed by atoms with Crippen molar-refractivity contribution in [1.29, 1.82) is 0 Å². The molecule has 0 aliphatic heterocycles. The van der Waals surface area contributed by atoms with Gasteiger partial charge in [-0.1, -0.05) is 12.1 Å². The highest BCUT2D eigenvalue weighted by Crippen LogP contribution is 2.24. The first kappa shape index (κ1) is 12.1. The molecule has 0 saturated carbocycles. The van der Waals surface area contributed by atoms with Gasteiger partial charge in [0.2, 0.25) is 0 Å². The fraction of sp³-hybridized carbons (Fsp3) is 0.417. The molecule has 0 amide bonds. The largest absolute Gasteiger partial charge is 0.496 e. The van der Waals surface area contributed by atoms with Gasteiger partial charge in [-0.3, -0.25) is 0 Å². The van der Waals surface area contributed by atoms with E-state index in [4.69, 9.17) is 4.74 Å². The van der Waals surface area contributed by atoms with Crippen LogP contribution in [-0.2, 0) is 0 Å². The number of ether oxygens (including phenoxy) is 1. The third kappa shape index (κ3) is 4.38. The predicted molar refractivity (Wildman–Crippen MR) is 67.9 cm³/mol. The van der Waals surface area contributed by atoms with E-state index in [-0.39, 0.29) is 4.75 Å². The van der Waals surface area contributed by atoms with Gasteiger partial charge in [-0.05, 0) is 44.9 Å². The fourth-order valence-corrected chi connectivity index (χ4v) is 1.50. The van der Waals surface area contributed by atoms with Gasteiger partial charge in [0.15, 0.2) is 0 Å². The number of nitrogens with zero attached hydrogens (tertiary/aromatic N) is 1. The lowest BCUT2D eigenvalue weighted by molar-refractivity contribution is 0.414. The molecule has 1 aromatic carbocycles.